The van der Waals surface area contributed by atoms with Crippen LogP contribution >= 0.6 is 12.6 Å². The van der Waals surface area contributed by atoms with E-state index < -0.39 is 0 Å². The quantitative estimate of drug-likeness (QED) is 0.579. The lowest BCUT2D eigenvalue weighted by Crippen LogP contribution is -2.27. The highest BCUT2D eigenvalue weighted by Gasteiger charge is 2.16. The van der Waals surface area contributed by atoms with Gasteiger partial charge in [0.15, 0.2) is 0 Å². The first-order chi connectivity index (χ1) is 4.34. The molecule has 1 saturated heterocycles. The molecule has 1 fully saturated rings. The molecule has 0 aromatic carbocycles. The summed E-state index contributed by atoms with van der Waals surface area (Å²) in [7, 11) is 0. The lowest BCUT2D eigenvalue weighted by molar-refractivity contribution is 0.313. The minimum atomic E-state index is 0.521. The average molecular weight is 145 g/mol. The molecule has 1 nitrogen and oxygen atoms in total. The monoisotopic (exact) mass is 145 g/mol. The lowest BCUT2D eigenvalue weighted by Gasteiger charge is -2.20. The molecule has 1 aliphatic heterocycles. The molecular weight excluding hydrogens is 130 g/mol. The van der Waals surface area contributed by atoms with Gasteiger partial charge in [0.2, 0.25) is 0 Å². The van der Waals surface area contributed by atoms with Crippen LogP contribution in [-0.4, -0.2) is 23.4 Å². The third-order valence-corrected chi connectivity index (χ3v) is 2.62. The van der Waals surface area contributed by atoms with Crippen LogP contribution in [0.1, 0.15) is 26.2 Å². The van der Waals surface area contributed by atoms with Gasteiger partial charge in [0, 0.05) is 0 Å². The summed E-state index contributed by atoms with van der Waals surface area (Å²) in [6, 6.07) is 0. The Labute approximate surface area is 62.8 Å². The standard InChI is InChI=1S/C7H15NS/c1-2-7(9)8-5-3-4-6-8/h7,9H,2-6H2,1H3. The van der Waals surface area contributed by atoms with Crippen molar-refractivity contribution >= 4 is 12.6 Å². The molecule has 0 bridgehead atoms. The first-order valence-corrected chi connectivity index (χ1v) is 4.28. The zero-order valence-electron chi connectivity index (χ0n) is 6.01. The summed E-state index contributed by atoms with van der Waals surface area (Å²) in [5.41, 5.74) is 0. The maximum atomic E-state index is 4.45. The SMILES string of the molecule is CCC(S)N1CCCC1. The summed E-state index contributed by atoms with van der Waals surface area (Å²) in [6.45, 7) is 4.72. The highest BCUT2D eigenvalue weighted by Crippen LogP contribution is 2.15. The number of likely N-dealkylation sites (tertiary alicyclic amines) is 1. The van der Waals surface area contributed by atoms with Crippen molar-refractivity contribution in [2.24, 2.45) is 0 Å². The smallest absolute Gasteiger partial charge is 0.0524 e. The molecular formula is C7H15NS. The zero-order chi connectivity index (χ0) is 6.69. The van der Waals surface area contributed by atoms with Crippen LogP contribution in [0.2, 0.25) is 0 Å². The minimum absolute atomic E-state index is 0.521. The van der Waals surface area contributed by atoms with Crippen molar-refractivity contribution in [1.29, 1.82) is 0 Å². The molecule has 1 atom stereocenters. The third kappa shape index (κ3) is 1.87. The number of nitrogens with zero attached hydrogens (tertiary/aromatic N) is 1. The molecule has 1 rings (SSSR count). The van der Waals surface area contributed by atoms with Crippen molar-refractivity contribution < 1.29 is 0 Å². The zero-order valence-corrected chi connectivity index (χ0v) is 6.90. The van der Waals surface area contributed by atoms with E-state index in [0.29, 0.717) is 5.37 Å². The Morgan fingerprint density at radius 3 is 2.44 bits per heavy atom. The van der Waals surface area contributed by atoms with Crippen LogP contribution in [0.5, 0.6) is 0 Å². The van der Waals surface area contributed by atoms with Crippen molar-refractivity contribution in [3.05, 3.63) is 0 Å². The van der Waals surface area contributed by atoms with Crippen LogP contribution in [0.3, 0.4) is 0 Å². The molecule has 1 heterocycles. The van der Waals surface area contributed by atoms with E-state index in [4.69, 9.17) is 0 Å². The predicted molar refractivity (Wildman–Crippen MR) is 43.9 cm³/mol. The van der Waals surface area contributed by atoms with Gasteiger partial charge >= 0.3 is 0 Å². The Morgan fingerprint density at radius 1 is 1.44 bits per heavy atom. The van der Waals surface area contributed by atoms with Gasteiger partial charge in [0.05, 0.1) is 5.37 Å². The van der Waals surface area contributed by atoms with Crippen molar-refractivity contribution in [3.8, 4) is 0 Å². The Bertz CT molecular complexity index is 79.0. The second kappa shape index (κ2) is 3.47. The van der Waals surface area contributed by atoms with Crippen LogP contribution in [0.15, 0.2) is 0 Å². The minimum Gasteiger partial charge on any atom is -0.292 e. The van der Waals surface area contributed by atoms with Crippen LogP contribution < -0.4 is 0 Å². The molecule has 0 amide bonds. The summed E-state index contributed by atoms with van der Waals surface area (Å²) in [5, 5.41) is 0.521. The number of thiol groups is 1. The molecule has 0 aliphatic carbocycles. The van der Waals surface area contributed by atoms with Gasteiger partial charge in [-0.1, -0.05) is 6.92 Å². The predicted octanol–water partition coefficient (Wildman–Crippen LogP) is 1.75. The summed E-state index contributed by atoms with van der Waals surface area (Å²) in [4.78, 5) is 2.45. The molecule has 0 aromatic rings. The summed E-state index contributed by atoms with van der Waals surface area (Å²) < 4.78 is 0. The fourth-order valence-electron chi connectivity index (χ4n) is 1.30. The second-order valence-corrected chi connectivity index (χ2v) is 3.23. The number of rotatable bonds is 2. The molecule has 9 heavy (non-hydrogen) atoms. The maximum absolute atomic E-state index is 4.45. The lowest BCUT2D eigenvalue weighted by atomic mass is 10.4. The molecule has 0 saturated carbocycles. The van der Waals surface area contributed by atoms with E-state index in [2.05, 4.69) is 24.5 Å². The van der Waals surface area contributed by atoms with Crippen molar-refractivity contribution in [1.82, 2.24) is 4.90 Å². The molecule has 1 aliphatic rings. The summed E-state index contributed by atoms with van der Waals surface area (Å²) >= 11 is 4.45. The van der Waals surface area contributed by atoms with Crippen molar-refractivity contribution in [3.63, 3.8) is 0 Å². The van der Waals surface area contributed by atoms with Crippen LogP contribution in [0.4, 0.5) is 0 Å². The third-order valence-electron chi connectivity index (χ3n) is 1.93. The largest absolute Gasteiger partial charge is 0.292 e. The first-order valence-electron chi connectivity index (χ1n) is 3.76. The molecule has 0 spiro atoms. The second-order valence-electron chi connectivity index (χ2n) is 2.63. The van der Waals surface area contributed by atoms with Gasteiger partial charge < -0.3 is 0 Å². The van der Waals surface area contributed by atoms with Crippen molar-refractivity contribution in [2.75, 3.05) is 13.1 Å². The van der Waals surface area contributed by atoms with Gasteiger partial charge in [-0.3, -0.25) is 4.90 Å². The van der Waals surface area contributed by atoms with Gasteiger partial charge in [-0.2, -0.15) is 12.6 Å². The van der Waals surface area contributed by atoms with E-state index >= 15 is 0 Å². The Kier molecular flexibility index (Phi) is 2.86. The van der Waals surface area contributed by atoms with E-state index in [9.17, 15) is 0 Å². The maximum Gasteiger partial charge on any atom is 0.0524 e. The van der Waals surface area contributed by atoms with Crippen LogP contribution in [-0.2, 0) is 0 Å². The molecule has 0 radical (unpaired) electrons. The van der Waals surface area contributed by atoms with E-state index in [1.807, 2.05) is 0 Å². The molecule has 0 aromatic heterocycles. The fourth-order valence-corrected chi connectivity index (χ4v) is 1.53. The average Bonchev–Trinajstić information content (AvgIpc) is 2.37. The normalized spacial score (nSPS) is 24.7. The van der Waals surface area contributed by atoms with E-state index in [1.165, 1.54) is 32.4 Å². The van der Waals surface area contributed by atoms with E-state index in [1.54, 1.807) is 0 Å². The van der Waals surface area contributed by atoms with Crippen LogP contribution in [0.25, 0.3) is 0 Å². The first kappa shape index (κ1) is 7.42. The highest BCUT2D eigenvalue weighted by molar-refractivity contribution is 7.80. The summed E-state index contributed by atoms with van der Waals surface area (Å²) in [5.74, 6) is 0. The Morgan fingerprint density at radius 2 is 2.00 bits per heavy atom. The van der Waals surface area contributed by atoms with Gasteiger partial charge in [0.1, 0.15) is 0 Å². The number of hydrogen-bond donors (Lipinski definition) is 1. The molecule has 2 heteroatoms. The summed E-state index contributed by atoms with van der Waals surface area (Å²) in [6.07, 6.45) is 3.91. The number of hydrogen-bond acceptors (Lipinski definition) is 2. The Balaban J connectivity index is 2.24. The van der Waals surface area contributed by atoms with Crippen molar-refractivity contribution in [2.45, 2.75) is 31.6 Å². The molecule has 0 N–H and O–H groups in total. The fraction of sp³-hybridized carbons (Fsp3) is 1.00. The molecule has 54 valence electrons. The van der Waals surface area contributed by atoms with E-state index in [0.717, 1.165) is 0 Å². The van der Waals surface area contributed by atoms with Gasteiger partial charge in [-0.05, 0) is 32.4 Å². The Hall–Kier alpha value is 0.310. The van der Waals surface area contributed by atoms with Gasteiger partial charge in [-0.15, -0.1) is 0 Å². The van der Waals surface area contributed by atoms with Gasteiger partial charge in [0.25, 0.3) is 0 Å². The van der Waals surface area contributed by atoms with E-state index in [-0.39, 0.29) is 0 Å². The topological polar surface area (TPSA) is 3.24 Å². The highest BCUT2D eigenvalue weighted by atomic mass is 32.1. The van der Waals surface area contributed by atoms with Gasteiger partial charge in [-0.25, -0.2) is 0 Å². The molecule has 1 unspecified atom stereocenters. The van der Waals surface area contributed by atoms with Crippen LogP contribution in [0, 0.1) is 0 Å².